The number of aliphatic carboxylic acids is 1. The Bertz CT molecular complexity index is 685. The highest BCUT2D eigenvalue weighted by Gasteiger charge is 2.14. The second kappa shape index (κ2) is 6.44. The van der Waals surface area contributed by atoms with Crippen LogP contribution in [0.5, 0.6) is 0 Å². The first-order valence-electron chi connectivity index (χ1n) is 6.18. The molecular weight excluding hydrogens is 294 g/mol. The lowest BCUT2D eigenvalue weighted by Crippen LogP contribution is -2.32. The number of nitrogens with two attached hydrogens (primary N) is 1. The number of urea groups is 1. The fourth-order valence-corrected chi connectivity index (χ4v) is 2.57. The van der Waals surface area contributed by atoms with E-state index < -0.39 is 12.0 Å². The second-order valence-corrected chi connectivity index (χ2v) is 5.32. The molecule has 0 aliphatic carbocycles. The van der Waals surface area contributed by atoms with Crippen LogP contribution in [0.25, 0.3) is 11.2 Å². The zero-order valence-corrected chi connectivity index (χ0v) is 12.2. The van der Waals surface area contributed by atoms with Crippen LogP contribution < -0.4 is 11.1 Å². The summed E-state index contributed by atoms with van der Waals surface area (Å²) in [7, 11) is 0. The van der Waals surface area contributed by atoms with Crippen molar-refractivity contribution in [3.63, 3.8) is 0 Å². The Kier molecular flexibility index (Phi) is 4.63. The SMILES string of the molecule is Cc1cnc2c(c1)nc(SCC(=O)O)n2CCNC(N)=O. The number of carboxylic acid groups (broad SMARTS) is 1. The number of rotatable bonds is 6. The molecule has 2 amide bonds. The molecule has 112 valence electrons. The fourth-order valence-electron chi connectivity index (χ4n) is 1.82. The van der Waals surface area contributed by atoms with Gasteiger partial charge in [-0.05, 0) is 18.6 Å². The Morgan fingerprint density at radius 3 is 2.95 bits per heavy atom. The summed E-state index contributed by atoms with van der Waals surface area (Å²) in [6.45, 7) is 2.64. The monoisotopic (exact) mass is 309 g/mol. The molecule has 0 unspecified atom stereocenters. The summed E-state index contributed by atoms with van der Waals surface area (Å²) in [5.41, 5.74) is 7.35. The van der Waals surface area contributed by atoms with E-state index in [1.54, 1.807) is 10.8 Å². The van der Waals surface area contributed by atoms with Crippen molar-refractivity contribution >= 4 is 34.9 Å². The number of aryl methyl sites for hydroxylation is 1. The normalized spacial score (nSPS) is 10.7. The van der Waals surface area contributed by atoms with Crippen LogP contribution >= 0.6 is 11.8 Å². The summed E-state index contributed by atoms with van der Waals surface area (Å²) in [4.78, 5) is 30.2. The van der Waals surface area contributed by atoms with Crippen molar-refractivity contribution in [2.75, 3.05) is 12.3 Å². The summed E-state index contributed by atoms with van der Waals surface area (Å²) in [5, 5.41) is 11.8. The van der Waals surface area contributed by atoms with E-state index >= 15 is 0 Å². The zero-order valence-electron chi connectivity index (χ0n) is 11.4. The van der Waals surface area contributed by atoms with Crippen molar-refractivity contribution in [1.82, 2.24) is 19.9 Å². The van der Waals surface area contributed by atoms with E-state index in [0.717, 1.165) is 17.3 Å². The number of hydrogen-bond donors (Lipinski definition) is 3. The number of pyridine rings is 1. The molecule has 0 saturated carbocycles. The molecule has 4 N–H and O–H groups in total. The predicted octanol–water partition coefficient (Wildman–Crippen LogP) is 0.585. The topological polar surface area (TPSA) is 123 Å². The number of nitrogens with one attached hydrogen (secondary N) is 1. The van der Waals surface area contributed by atoms with E-state index in [9.17, 15) is 9.59 Å². The van der Waals surface area contributed by atoms with Gasteiger partial charge < -0.3 is 20.7 Å². The molecule has 21 heavy (non-hydrogen) atoms. The first kappa shape index (κ1) is 15.1. The number of amides is 2. The van der Waals surface area contributed by atoms with Gasteiger partial charge in [-0.1, -0.05) is 11.8 Å². The molecule has 0 atom stereocenters. The van der Waals surface area contributed by atoms with Gasteiger partial charge in [0.15, 0.2) is 10.8 Å². The van der Waals surface area contributed by atoms with Gasteiger partial charge in [0.1, 0.15) is 5.52 Å². The Morgan fingerprint density at radius 2 is 2.29 bits per heavy atom. The number of nitrogens with zero attached hydrogens (tertiary/aromatic N) is 3. The van der Waals surface area contributed by atoms with Gasteiger partial charge in [0.05, 0.1) is 5.75 Å². The molecule has 9 heteroatoms. The molecule has 2 rings (SSSR count). The Hall–Kier alpha value is -2.29. The molecule has 0 radical (unpaired) electrons. The average molecular weight is 309 g/mol. The van der Waals surface area contributed by atoms with Crippen molar-refractivity contribution in [3.05, 3.63) is 17.8 Å². The predicted molar refractivity (Wildman–Crippen MR) is 78.2 cm³/mol. The molecule has 2 aromatic rings. The van der Waals surface area contributed by atoms with Gasteiger partial charge in [-0.3, -0.25) is 4.79 Å². The smallest absolute Gasteiger partial charge is 0.313 e. The first-order chi connectivity index (χ1) is 9.97. The lowest BCUT2D eigenvalue weighted by molar-refractivity contribution is -0.133. The fraction of sp³-hybridized carbons (Fsp3) is 0.333. The minimum absolute atomic E-state index is 0.0917. The molecule has 2 heterocycles. The van der Waals surface area contributed by atoms with Crippen LogP contribution in [0.15, 0.2) is 17.4 Å². The number of thioether (sulfide) groups is 1. The van der Waals surface area contributed by atoms with Crippen molar-refractivity contribution in [2.24, 2.45) is 5.73 Å². The number of primary amides is 1. The summed E-state index contributed by atoms with van der Waals surface area (Å²) < 4.78 is 1.78. The summed E-state index contributed by atoms with van der Waals surface area (Å²) in [5.74, 6) is -1.01. The van der Waals surface area contributed by atoms with E-state index in [1.165, 1.54) is 0 Å². The third-order valence-electron chi connectivity index (χ3n) is 2.65. The van der Waals surface area contributed by atoms with Crippen molar-refractivity contribution in [3.8, 4) is 0 Å². The molecule has 0 aliphatic rings. The minimum Gasteiger partial charge on any atom is -0.481 e. The van der Waals surface area contributed by atoms with Crippen LogP contribution in [-0.2, 0) is 11.3 Å². The van der Waals surface area contributed by atoms with E-state index in [1.807, 2.05) is 13.0 Å². The molecule has 2 aromatic heterocycles. The van der Waals surface area contributed by atoms with Crippen LogP contribution in [0, 0.1) is 6.92 Å². The number of hydrogen-bond acceptors (Lipinski definition) is 5. The number of carbonyl (C=O) groups excluding carboxylic acids is 1. The molecule has 0 saturated heterocycles. The van der Waals surface area contributed by atoms with E-state index in [-0.39, 0.29) is 5.75 Å². The first-order valence-corrected chi connectivity index (χ1v) is 7.16. The molecule has 8 nitrogen and oxygen atoms in total. The highest BCUT2D eigenvalue weighted by atomic mass is 32.2. The molecule has 0 fully saturated rings. The van der Waals surface area contributed by atoms with E-state index in [0.29, 0.717) is 29.4 Å². The van der Waals surface area contributed by atoms with Crippen LogP contribution in [0.4, 0.5) is 4.79 Å². The summed E-state index contributed by atoms with van der Waals surface area (Å²) in [6.07, 6.45) is 1.72. The van der Waals surface area contributed by atoms with Crippen LogP contribution in [-0.4, -0.2) is 43.9 Å². The van der Waals surface area contributed by atoms with Crippen molar-refractivity contribution < 1.29 is 14.7 Å². The minimum atomic E-state index is -0.919. The number of aromatic nitrogens is 3. The maximum absolute atomic E-state index is 10.7. The molecule has 0 aliphatic heterocycles. The maximum Gasteiger partial charge on any atom is 0.313 e. The molecular formula is C12H15N5O3S. The third kappa shape index (κ3) is 3.85. The lowest BCUT2D eigenvalue weighted by atomic mass is 10.3. The number of imidazole rings is 1. The van der Waals surface area contributed by atoms with Gasteiger partial charge in [-0.2, -0.15) is 0 Å². The Labute approximate surface area is 124 Å². The van der Waals surface area contributed by atoms with Gasteiger partial charge >= 0.3 is 12.0 Å². The highest BCUT2D eigenvalue weighted by Crippen LogP contribution is 2.23. The van der Waals surface area contributed by atoms with E-state index in [4.69, 9.17) is 10.8 Å². The molecule has 0 aromatic carbocycles. The van der Waals surface area contributed by atoms with Gasteiger partial charge in [0.2, 0.25) is 0 Å². The highest BCUT2D eigenvalue weighted by molar-refractivity contribution is 7.99. The largest absolute Gasteiger partial charge is 0.481 e. The van der Waals surface area contributed by atoms with Crippen molar-refractivity contribution in [2.45, 2.75) is 18.6 Å². The lowest BCUT2D eigenvalue weighted by Gasteiger charge is -2.07. The zero-order chi connectivity index (χ0) is 15.4. The van der Waals surface area contributed by atoms with Gasteiger partial charge in [0.25, 0.3) is 0 Å². The van der Waals surface area contributed by atoms with E-state index in [2.05, 4.69) is 15.3 Å². The van der Waals surface area contributed by atoms with Gasteiger partial charge in [-0.25, -0.2) is 14.8 Å². The summed E-state index contributed by atoms with van der Waals surface area (Å²) in [6, 6.07) is 1.27. The van der Waals surface area contributed by atoms with Crippen LogP contribution in [0.3, 0.4) is 0 Å². The average Bonchev–Trinajstić information content (AvgIpc) is 2.73. The summed E-state index contributed by atoms with van der Waals surface area (Å²) >= 11 is 1.11. The number of carbonyl (C=O) groups is 2. The van der Waals surface area contributed by atoms with Crippen molar-refractivity contribution in [1.29, 1.82) is 0 Å². The van der Waals surface area contributed by atoms with Gasteiger partial charge in [-0.15, -0.1) is 0 Å². The number of carboxylic acids is 1. The van der Waals surface area contributed by atoms with Crippen LogP contribution in [0.2, 0.25) is 0 Å². The maximum atomic E-state index is 10.7. The number of fused-ring (bicyclic) bond motifs is 1. The Morgan fingerprint density at radius 1 is 1.52 bits per heavy atom. The molecule has 0 spiro atoms. The standard InChI is InChI=1S/C12H15N5O3S/c1-7-4-8-10(15-5-7)17(3-2-14-11(13)20)12(16-8)21-6-9(18)19/h4-5H,2-3,6H2,1H3,(H,18,19)(H3,13,14,20). The molecule has 0 bridgehead atoms. The Balaban J connectivity index is 2.29. The quantitative estimate of drug-likeness (QED) is 0.671. The van der Waals surface area contributed by atoms with Crippen LogP contribution in [0.1, 0.15) is 5.56 Å². The third-order valence-corrected chi connectivity index (χ3v) is 3.61. The second-order valence-electron chi connectivity index (χ2n) is 4.37. The van der Waals surface area contributed by atoms with Gasteiger partial charge in [0, 0.05) is 19.3 Å².